The Bertz CT molecular complexity index is 518. The van der Waals surface area contributed by atoms with Crippen molar-refractivity contribution < 1.29 is 9.59 Å². The van der Waals surface area contributed by atoms with E-state index in [0.717, 1.165) is 12.0 Å². The molecule has 2 atom stereocenters. The van der Waals surface area contributed by atoms with Gasteiger partial charge in [-0.3, -0.25) is 9.59 Å². The van der Waals surface area contributed by atoms with Crippen molar-refractivity contribution in [3.05, 3.63) is 34.9 Å². The van der Waals surface area contributed by atoms with Crippen LogP contribution < -0.4 is 5.32 Å². The fraction of sp³-hybridized carbons (Fsp3) is 0.467. The molecule has 5 heteroatoms. The van der Waals surface area contributed by atoms with Crippen LogP contribution in [-0.2, 0) is 16.0 Å². The van der Waals surface area contributed by atoms with E-state index in [1.165, 1.54) is 0 Å². The standard InChI is InChI=1S/C15H19ClN2O2/c1-10(6-11-4-3-5-13(16)7-11)17-15(20)12-8-14(19)18(2)9-12/h3-5,7,10,12H,6,8-9H2,1-2H3,(H,17,20)/t10-,12+/m1/s1. The summed E-state index contributed by atoms with van der Waals surface area (Å²) in [6.45, 7) is 2.47. The minimum absolute atomic E-state index is 0.0157. The van der Waals surface area contributed by atoms with Gasteiger partial charge in [0.25, 0.3) is 0 Å². The summed E-state index contributed by atoms with van der Waals surface area (Å²) in [5.41, 5.74) is 1.09. The largest absolute Gasteiger partial charge is 0.353 e. The number of carbonyl (C=O) groups is 2. The number of nitrogens with zero attached hydrogens (tertiary/aromatic N) is 1. The van der Waals surface area contributed by atoms with E-state index in [4.69, 9.17) is 11.6 Å². The van der Waals surface area contributed by atoms with Crippen molar-refractivity contribution in [2.45, 2.75) is 25.8 Å². The van der Waals surface area contributed by atoms with Gasteiger partial charge in [-0.05, 0) is 31.0 Å². The zero-order valence-electron chi connectivity index (χ0n) is 11.7. The molecule has 1 saturated heterocycles. The summed E-state index contributed by atoms with van der Waals surface area (Å²) < 4.78 is 0. The number of carbonyl (C=O) groups excluding carboxylic acids is 2. The van der Waals surface area contributed by atoms with Crippen LogP contribution in [0.1, 0.15) is 18.9 Å². The van der Waals surface area contributed by atoms with E-state index in [2.05, 4.69) is 5.32 Å². The maximum Gasteiger partial charge on any atom is 0.225 e. The molecule has 2 amide bonds. The molecule has 0 aliphatic carbocycles. The highest BCUT2D eigenvalue weighted by Gasteiger charge is 2.32. The molecule has 108 valence electrons. The molecule has 0 radical (unpaired) electrons. The molecule has 0 bridgehead atoms. The second kappa shape index (κ2) is 6.27. The molecule has 1 heterocycles. The third-order valence-corrected chi connectivity index (χ3v) is 3.77. The van der Waals surface area contributed by atoms with Gasteiger partial charge in [-0.2, -0.15) is 0 Å². The zero-order chi connectivity index (χ0) is 14.7. The predicted octanol–water partition coefficient (Wildman–Crippen LogP) is 1.87. The average Bonchev–Trinajstić information content (AvgIpc) is 2.69. The Hall–Kier alpha value is -1.55. The molecule has 4 nitrogen and oxygen atoms in total. The molecule has 1 fully saturated rings. The molecule has 0 saturated carbocycles. The second-order valence-corrected chi connectivity index (χ2v) is 5.86. The van der Waals surface area contributed by atoms with Gasteiger partial charge in [-0.1, -0.05) is 23.7 Å². The second-order valence-electron chi connectivity index (χ2n) is 5.42. The van der Waals surface area contributed by atoms with Crippen molar-refractivity contribution in [2.24, 2.45) is 5.92 Å². The van der Waals surface area contributed by atoms with Gasteiger partial charge in [0, 0.05) is 31.1 Å². The summed E-state index contributed by atoms with van der Waals surface area (Å²) in [6, 6.07) is 7.63. The monoisotopic (exact) mass is 294 g/mol. The number of hydrogen-bond acceptors (Lipinski definition) is 2. The minimum Gasteiger partial charge on any atom is -0.353 e. The first kappa shape index (κ1) is 14.9. The summed E-state index contributed by atoms with van der Waals surface area (Å²) in [6.07, 6.45) is 1.04. The van der Waals surface area contributed by atoms with Crippen molar-refractivity contribution in [3.63, 3.8) is 0 Å². The number of rotatable bonds is 4. The lowest BCUT2D eigenvalue weighted by molar-refractivity contribution is -0.128. The first-order valence-corrected chi connectivity index (χ1v) is 7.12. The van der Waals surface area contributed by atoms with Crippen LogP contribution in [-0.4, -0.2) is 36.3 Å². The van der Waals surface area contributed by atoms with Gasteiger partial charge in [0.15, 0.2) is 0 Å². The molecule has 0 unspecified atom stereocenters. The van der Waals surface area contributed by atoms with Crippen LogP contribution in [0.2, 0.25) is 5.02 Å². The lowest BCUT2D eigenvalue weighted by Gasteiger charge is -2.17. The first-order valence-electron chi connectivity index (χ1n) is 6.74. The van der Waals surface area contributed by atoms with Gasteiger partial charge < -0.3 is 10.2 Å². The van der Waals surface area contributed by atoms with E-state index < -0.39 is 0 Å². The molecule has 20 heavy (non-hydrogen) atoms. The molecular weight excluding hydrogens is 276 g/mol. The molecular formula is C15H19ClN2O2. The minimum atomic E-state index is -0.227. The maximum absolute atomic E-state index is 12.1. The maximum atomic E-state index is 12.1. The molecule has 1 N–H and O–H groups in total. The lowest BCUT2D eigenvalue weighted by Crippen LogP contribution is -2.39. The van der Waals surface area contributed by atoms with Crippen molar-refractivity contribution in [3.8, 4) is 0 Å². The highest BCUT2D eigenvalue weighted by molar-refractivity contribution is 6.30. The molecule has 1 aliphatic heterocycles. The third kappa shape index (κ3) is 3.73. The number of benzene rings is 1. The molecule has 1 aliphatic rings. The zero-order valence-corrected chi connectivity index (χ0v) is 12.5. The molecule has 1 aromatic carbocycles. The van der Waals surface area contributed by atoms with E-state index >= 15 is 0 Å². The van der Waals surface area contributed by atoms with Crippen LogP contribution in [0.25, 0.3) is 0 Å². The summed E-state index contributed by atoms with van der Waals surface area (Å²) in [4.78, 5) is 25.1. The smallest absolute Gasteiger partial charge is 0.225 e. The Morgan fingerprint density at radius 1 is 1.55 bits per heavy atom. The quantitative estimate of drug-likeness (QED) is 0.921. The highest BCUT2D eigenvalue weighted by Crippen LogP contribution is 2.17. The van der Waals surface area contributed by atoms with Crippen LogP contribution in [0.15, 0.2) is 24.3 Å². The summed E-state index contributed by atoms with van der Waals surface area (Å²) >= 11 is 5.94. The van der Waals surface area contributed by atoms with Gasteiger partial charge in [0.05, 0.1) is 5.92 Å². The van der Waals surface area contributed by atoms with E-state index in [1.807, 2.05) is 31.2 Å². The summed E-state index contributed by atoms with van der Waals surface area (Å²) in [5, 5.41) is 3.67. The SMILES string of the molecule is C[C@H](Cc1cccc(Cl)c1)NC(=O)[C@H]1CC(=O)N(C)C1. The Morgan fingerprint density at radius 3 is 2.90 bits per heavy atom. The number of halogens is 1. The fourth-order valence-corrected chi connectivity index (χ4v) is 2.68. The average molecular weight is 295 g/mol. The molecule has 1 aromatic rings. The molecule has 0 aromatic heterocycles. The van der Waals surface area contributed by atoms with Crippen LogP contribution in [0.3, 0.4) is 0 Å². The van der Waals surface area contributed by atoms with Gasteiger partial charge >= 0.3 is 0 Å². The van der Waals surface area contributed by atoms with E-state index in [-0.39, 0.29) is 23.8 Å². The van der Waals surface area contributed by atoms with Crippen LogP contribution in [0.4, 0.5) is 0 Å². The Balaban J connectivity index is 1.87. The summed E-state index contributed by atoms with van der Waals surface area (Å²) in [5.74, 6) is -0.237. The molecule has 2 rings (SSSR count). The van der Waals surface area contributed by atoms with E-state index in [0.29, 0.717) is 18.0 Å². The number of hydrogen-bond donors (Lipinski definition) is 1. The Kier molecular flexibility index (Phi) is 4.65. The fourth-order valence-electron chi connectivity index (χ4n) is 2.47. The van der Waals surface area contributed by atoms with Crippen molar-refractivity contribution in [1.82, 2.24) is 10.2 Å². The van der Waals surface area contributed by atoms with Crippen LogP contribution >= 0.6 is 11.6 Å². The topological polar surface area (TPSA) is 49.4 Å². The third-order valence-electron chi connectivity index (χ3n) is 3.53. The molecule has 0 spiro atoms. The van der Waals surface area contributed by atoms with Crippen molar-refractivity contribution in [1.29, 1.82) is 0 Å². The Morgan fingerprint density at radius 2 is 2.30 bits per heavy atom. The van der Waals surface area contributed by atoms with Crippen molar-refractivity contribution >= 4 is 23.4 Å². The van der Waals surface area contributed by atoms with Crippen molar-refractivity contribution in [2.75, 3.05) is 13.6 Å². The first-order chi connectivity index (χ1) is 9.45. The predicted molar refractivity (Wildman–Crippen MR) is 78.5 cm³/mol. The van der Waals surface area contributed by atoms with Gasteiger partial charge in [-0.15, -0.1) is 0 Å². The van der Waals surface area contributed by atoms with Gasteiger partial charge in [0.2, 0.25) is 11.8 Å². The van der Waals surface area contributed by atoms with E-state index in [1.54, 1.807) is 11.9 Å². The number of nitrogens with one attached hydrogen (secondary N) is 1. The van der Waals surface area contributed by atoms with Crippen LogP contribution in [0.5, 0.6) is 0 Å². The number of amides is 2. The number of likely N-dealkylation sites (tertiary alicyclic amines) is 1. The lowest BCUT2D eigenvalue weighted by atomic mass is 10.0. The van der Waals surface area contributed by atoms with Gasteiger partial charge in [-0.25, -0.2) is 0 Å². The van der Waals surface area contributed by atoms with Crippen LogP contribution in [0, 0.1) is 5.92 Å². The Labute approximate surface area is 124 Å². The van der Waals surface area contributed by atoms with Gasteiger partial charge in [0.1, 0.15) is 0 Å². The normalized spacial score (nSPS) is 20.1. The highest BCUT2D eigenvalue weighted by atomic mass is 35.5. The van der Waals surface area contributed by atoms with E-state index in [9.17, 15) is 9.59 Å². The summed E-state index contributed by atoms with van der Waals surface area (Å²) in [7, 11) is 1.73.